The Morgan fingerprint density at radius 1 is 1.22 bits per heavy atom. The summed E-state index contributed by atoms with van der Waals surface area (Å²) in [6.45, 7) is 0.315. The van der Waals surface area contributed by atoms with Crippen molar-refractivity contribution in [2.75, 3.05) is 11.5 Å². The number of amides is 1. The third-order valence-corrected chi connectivity index (χ3v) is 7.68. The number of aliphatic imine (C=N–C) groups is 1. The molecule has 7 nitrogen and oxygen atoms in total. The third-order valence-electron chi connectivity index (χ3n) is 4.43. The number of fused-ring (bicyclic) bond motifs is 1. The van der Waals surface area contributed by atoms with Crippen LogP contribution in [0.2, 0.25) is 0 Å². The molecule has 1 aromatic carbocycles. The molecule has 2 saturated heterocycles. The van der Waals surface area contributed by atoms with Crippen molar-refractivity contribution in [3.63, 3.8) is 0 Å². The molecule has 2 aliphatic rings. The van der Waals surface area contributed by atoms with Crippen molar-refractivity contribution >= 4 is 38.6 Å². The van der Waals surface area contributed by atoms with Crippen molar-refractivity contribution in [3.05, 3.63) is 35.6 Å². The van der Waals surface area contributed by atoms with Gasteiger partial charge in [-0.1, -0.05) is 23.9 Å². The highest BCUT2D eigenvalue weighted by molar-refractivity contribution is 8.15. The van der Waals surface area contributed by atoms with Crippen molar-refractivity contribution in [2.45, 2.75) is 37.1 Å². The van der Waals surface area contributed by atoms with Gasteiger partial charge in [-0.3, -0.25) is 4.79 Å². The van der Waals surface area contributed by atoms with Crippen LogP contribution in [0.1, 0.15) is 24.8 Å². The summed E-state index contributed by atoms with van der Waals surface area (Å²) in [5.41, 5.74) is 0.777. The highest BCUT2D eigenvalue weighted by Crippen LogP contribution is 2.39. The Balaban J connectivity index is 1.77. The molecular weight excluding hydrogens is 395 g/mol. The molecule has 3 rings (SSSR count). The molecule has 10 heteroatoms. The van der Waals surface area contributed by atoms with Crippen LogP contribution in [0.15, 0.2) is 29.3 Å². The lowest BCUT2D eigenvalue weighted by Crippen LogP contribution is -2.37. The van der Waals surface area contributed by atoms with E-state index in [1.54, 1.807) is 17.0 Å². The molecule has 0 bridgehead atoms. The minimum Gasteiger partial charge on any atom is -0.550 e. The Kier molecular flexibility index (Phi) is 5.85. The van der Waals surface area contributed by atoms with E-state index in [0.717, 1.165) is 5.56 Å². The lowest BCUT2D eigenvalue weighted by molar-refractivity contribution is -0.305. The van der Waals surface area contributed by atoms with Crippen LogP contribution in [-0.2, 0) is 26.0 Å². The Labute approximate surface area is 160 Å². The Bertz CT molecular complexity index is 870. The number of nitrogens with zero attached hydrogens (tertiary/aromatic N) is 2. The quantitative estimate of drug-likeness (QED) is 0.662. The number of benzene rings is 1. The number of carbonyl (C=O) groups is 2. The molecule has 146 valence electrons. The number of rotatable bonds is 6. The van der Waals surface area contributed by atoms with Crippen LogP contribution in [0.25, 0.3) is 0 Å². The molecule has 2 heterocycles. The summed E-state index contributed by atoms with van der Waals surface area (Å²) < 4.78 is 37.1. The van der Waals surface area contributed by atoms with Gasteiger partial charge in [-0.05, 0) is 30.5 Å². The van der Waals surface area contributed by atoms with Crippen molar-refractivity contribution in [2.24, 2.45) is 4.99 Å². The van der Waals surface area contributed by atoms with Crippen LogP contribution in [0.4, 0.5) is 4.39 Å². The Morgan fingerprint density at radius 2 is 1.93 bits per heavy atom. The number of sulfone groups is 1. The molecular formula is C17H18FN2O5S2-. The summed E-state index contributed by atoms with van der Waals surface area (Å²) in [5, 5.41) is 10.7. The van der Waals surface area contributed by atoms with Gasteiger partial charge in [0, 0.05) is 24.2 Å². The van der Waals surface area contributed by atoms with Gasteiger partial charge in [0.25, 0.3) is 0 Å². The molecule has 2 aliphatic heterocycles. The maximum Gasteiger partial charge on any atom is 0.248 e. The third kappa shape index (κ3) is 5.07. The molecule has 1 aromatic rings. The van der Waals surface area contributed by atoms with Gasteiger partial charge in [0.2, 0.25) is 5.91 Å². The second-order valence-electron chi connectivity index (χ2n) is 6.57. The van der Waals surface area contributed by atoms with Gasteiger partial charge in [0.05, 0.1) is 17.5 Å². The van der Waals surface area contributed by atoms with Gasteiger partial charge in [0.1, 0.15) is 5.82 Å². The number of carboxylic acids is 1. The van der Waals surface area contributed by atoms with Gasteiger partial charge in [-0.2, -0.15) is 4.99 Å². The van der Waals surface area contributed by atoms with Gasteiger partial charge in [-0.15, -0.1) is 0 Å². The summed E-state index contributed by atoms with van der Waals surface area (Å²) in [6, 6.07) is 5.57. The SMILES string of the molecule is O=C([O-])CCCC(=O)N=C1S[C@H]2CS(=O)(=O)C[C@H]2N1Cc1ccc(F)cc1. The van der Waals surface area contributed by atoms with Crippen molar-refractivity contribution in [1.29, 1.82) is 0 Å². The fourth-order valence-corrected chi connectivity index (χ4v) is 7.12. The van der Waals surface area contributed by atoms with Crippen LogP contribution in [0.5, 0.6) is 0 Å². The molecule has 2 fully saturated rings. The standard InChI is InChI=1S/C17H19FN2O5S2/c18-12-6-4-11(5-7-12)8-20-13-9-27(24,25)10-14(13)26-17(20)19-15(21)2-1-3-16(22)23/h4-7,13-14H,1-3,8-10H2,(H,22,23)/p-1/t13-,14+/m1/s1. The Morgan fingerprint density at radius 3 is 2.59 bits per heavy atom. The predicted molar refractivity (Wildman–Crippen MR) is 97.1 cm³/mol. The fourth-order valence-electron chi connectivity index (χ4n) is 3.15. The molecule has 0 N–H and O–H groups in total. The van der Waals surface area contributed by atoms with Crippen molar-refractivity contribution < 1.29 is 27.5 Å². The van der Waals surface area contributed by atoms with E-state index in [2.05, 4.69) is 4.99 Å². The first-order valence-corrected chi connectivity index (χ1v) is 11.1. The molecule has 1 amide bonds. The van der Waals surface area contributed by atoms with Crippen molar-refractivity contribution in [3.8, 4) is 0 Å². The number of thioether (sulfide) groups is 1. The molecule has 0 unspecified atom stereocenters. The highest BCUT2D eigenvalue weighted by atomic mass is 32.2. The minimum atomic E-state index is -3.15. The Hall–Kier alpha value is -1.94. The van der Waals surface area contributed by atoms with E-state index >= 15 is 0 Å². The number of amidine groups is 1. The maximum atomic E-state index is 13.1. The molecule has 0 spiro atoms. The zero-order valence-corrected chi connectivity index (χ0v) is 16.0. The zero-order chi connectivity index (χ0) is 19.6. The maximum absolute atomic E-state index is 13.1. The topological polar surface area (TPSA) is 107 Å². The smallest absolute Gasteiger partial charge is 0.248 e. The normalized spacial score (nSPS) is 24.9. The van der Waals surface area contributed by atoms with Gasteiger partial charge in [-0.25, -0.2) is 12.8 Å². The van der Waals surface area contributed by atoms with E-state index in [1.807, 2.05) is 0 Å². The van der Waals surface area contributed by atoms with E-state index < -0.39 is 21.7 Å². The summed E-state index contributed by atoms with van der Waals surface area (Å²) in [5.74, 6) is -2.02. The number of aliphatic carboxylic acids is 1. The summed E-state index contributed by atoms with van der Waals surface area (Å²) >= 11 is 1.26. The number of halogens is 1. The molecule has 0 aliphatic carbocycles. The highest BCUT2D eigenvalue weighted by Gasteiger charge is 2.48. The molecule has 2 atom stereocenters. The monoisotopic (exact) mass is 413 g/mol. The van der Waals surface area contributed by atoms with E-state index in [1.165, 1.54) is 23.9 Å². The number of carboxylic acid groups (broad SMARTS) is 1. The lowest BCUT2D eigenvalue weighted by atomic mass is 10.1. The van der Waals surface area contributed by atoms with Gasteiger partial charge < -0.3 is 14.8 Å². The average Bonchev–Trinajstić information content (AvgIpc) is 3.02. The van der Waals surface area contributed by atoms with Gasteiger partial charge in [0.15, 0.2) is 15.0 Å². The largest absolute Gasteiger partial charge is 0.550 e. The molecule has 0 radical (unpaired) electrons. The number of hydrogen-bond acceptors (Lipinski definition) is 6. The first-order chi connectivity index (χ1) is 12.7. The lowest BCUT2D eigenvalue weighted by Gasteiger charge is -2.24. The second-order valence-corrected chi connectivity index (χ2v) is 9.93. The molecule has 0 aromatic heterocycles. The average molecular weight is 413 g/mol. The van der Waals surface area contributed by atoms with Crippen LogP contribution in [0, 0.1) is 5.82 Å². The van der Waals surface area contributed by atoms with Crippen LogP contribution >= 0.6 is 11.8 Å². The fraction of sp³-hybridized carbons (Fsp3) is 0.471. The van der Waals surface area contributed by atoms with Gasteiger partial charge >= 0.3 is 0 Å². The zero-order valence-electron chi connectivity index (χ0n) is 14.3. The predicted octanol–water partition coefficient (Wildman–Crippen LogP) is 0.343. The minimum absolute atomic E-state index is 0.0102. The summed E-state index contributed by atoms with van der Waals surface area (Å²) in [4.78, 5) is 28.4. The summed E-state index contributed by atoms with van der Waals surface area (Å²) in [7, 11) is -3.15. The summed E-state index contributed by atoms with van der Waals surface area (Å²) in [6.07, 6.45) is -0.0929. The molecule has 0 saturated carbocycles. The van der Waals surface area contributed by atoms with E-state index in [4.69, 9.17) is 0 Å². The second kappa shape index (κ2) is 7.97. The first-order valence-electron chi connectivity index (χ1n) is 8.43. The number of carbonyl (C=O) groups excluding carboxylic acids is 2. The van der Waals surface area contributed by atoms with Crippen LogP contribution < -0.4 is 5.11 Å². The van der Waals surface area contributed by atoms with Crippen LogP contribution in [0.3, 0.4) is 0 Å². The van der Waals surface area contributed by atoms with Crippen molar-refractivity contribution in [1.82, 2.24) is 4.90 Å². The van der Waals surface area contributed by atoms with E-state index in [9.17, 15) is 27.5 Å². The number of hydrogen-bond donors (Lipinski definition) is 0. The molecule has 27 heavy (non-hydrogen) atoms. The van der Waals surface area contributed by atoms with E-state index in [-0.39, 0.29) is 47.9 Å². The van der Waals surface area contributed by atoms with E-state index in [0.29, 0.717) is 11.7 Å². The van der Waals surface area contributed by atoms with Crippen LogP contribution in [-0.4, -0.2) is 53.2 Å². The first kappa shape index (κ1) is 19.8.